The van der Waals surface area contributed by atoms with Gasteiger partial charge in [0.05, 0.1) is 13.2 Å². The first-order valence-electron chi connectivity index (χ1n) is 8.66. The number of carbonyl (C=O) groups is 1. The van der Waals surface area contributed by atoms with Gasteiger partial charge in [0, 0.05) is 25.7 Å². The molecule has 3 rings (SSSR count). The molecule has 1 aromatic carbocycles. The lowest BCUT2D eigenvalue weighted by Crippen LogP contribution is -2.38. The van der Waals surface area contributed by atoms with E-state index < -0.39 is 0 Å². The number of anilines is 1. The van der Waals surface area contributed by atoms with Crippen molar-refractivity contribution < 1.29 is 9.53 Å². The Kier molecular flexibility index (Phi) is 5.60. The molecule has 0 bridgehead atoms. The van der Waals surface area contributed by atoms with Crippen LogP contribution < -0.4 is 4.90 Å². The van der Waals surface area contributed by atoms with E-state index in [-0.39, 0.29) is 11.9 Å². The standard InChI is InChI=1S/C19H24N4O2/c1-15(2)23(14-16-6-4-3-5-7-16)19(24)17-8-9-18(21-20-17)22-10-12-25-13-11-22/h3-9,15H,10-14H2,1-2H3. The molecule has 132 valence electrons. The summed E-state index contributed by atoms with van der Waals surface area (Å²) < 4.78 is 5.35. The Bertz CT molecular complexity index is 682. The summed E-state index contributed by atoms with van der Waals surface area (Å²) in [5, 5.41) is 8.42. The van der Waals surface area contributed by atoms with E-state index in [1.807, 2.05) is 55.1 Å². The van der Waals surface area contributed by atoms with Gasteiger partial charge in [-0.3, -0.25) is 4.79 Å². The van der Waals surface area contributed by atoms with Crippen LogP contribution >= 0.6 is 0 Å². The maximum absolute atomic E-state index is 12.9. The summed E-state index contributed by atoms with van der Waals surface area (Å²) in [6, 6.07) is 13.7. The number of rotatable bonds is 5. The molecule has 1 aliphatic rings. The Balaban J connectivity index is 1.73. The Morgan fingerprint density at radius 1 is 1.12 bits per heavy atom. The maximum atomic E-state index is 12.9. The third kappa shape index (κ3) is 4.33. The van der Waals surface area contributed by atoms with E-state index in [1.54, 1.807) is 6.07 Å². The molecule has 0 spiro atoms. The monoisotopic (exact) mass is 340 g/mol. The fourth-order valence-corrected chi connectivity index (χ4v) is 2.82. The van der Waals surface area contributed by atoms with Gasteiger partial charge in [0.25, 0.3) is 5.91 Å². The highest BCUT2D eigenvalue weighted by Gasteiger charge is 2.21. The molecule has 0 aliphatic carbocycles. The van der Waals surface area contributed by atoms with Gasteiger partial charge in [-0.05, 0) is 31.5 Å². The van der Waals surface area contributed by atoms with Gasteiger partial charge < -0.3 is 14.5 Å². The SMILES string of the molecule is CC(C)N(Cc1ccccc1)C(=O)c1ccc(N2CCOCC2)nn1. The van der Waals surface area contributed by atoms with Crippen LogP contribution in [0, 0.1) is 0 Å². The van der Waals surface area contributed by atoms with Crippen molar-refractivity contribution in [2.24, 2.45) is 0 Å². The average molecular weight is 340 g/mol. The molecule has 1 saturated heterocycles. The van der Waals surface area contributed by atoms with Crippen LogP contribution in [0.4, 0.5) is 5.82 Å². The lowest BCUT2D eigenvalue weighted by atomic mass is 10.1. The summed E-state index contributed by atoms with van der Waals surface area (Å²) >= 11 is 0. The van der Waals surface area contributed by atoms with Crippen LogP contribution in [0.5, 0.6) is 0 Å². The third-order valence-electron chi connectivity index (χ3n) is 4.28. The summed E-state index contributed by atoms with van der Waals surface area (Å²) in [5.74, 6) is 0.693. The second-order valence-corrected chi connectivity index (χ2v) is 6.39. The first-order valence-corrected chi connectivity index (χ1v) is 8.66. The molecule has 6 heteroatoms. The zero-order valence-corrected chi connectivity index (χ0v) is 14.8. The second kappa shape index (κ2) is 8.07. The van der Waals surface area contributed by atoms with Crippen molar-refractivity contribution in [1.29, 1.82) is 0 Å². The van der Waals surface area contributed by atoms with Crippen LogP contribution in [0.25, 0.3) is 0 Å². The molecule has 0 unspecified atom stereocenters. The summed E-state index contributed by atoms with van der Waals surface area (Å²) in [4.78, 5) is 16.8. The number of nitrogens with zero attached hydrogens (tertiary/aromatic N) is 4. The van der Waals surface area contributed by atoms with Crippen molar-refractivity contribution in [3.63, 3.8) is 0 Å². The van der Waals surface area contributed by atoms with E-state index in [9.17, 15) is 4.79 Å². The lowest BCUT2D eigenvalue weighted by molar-refractivity contribution is 0.0683. The summed E-state index contributed by atoms with van der Waals surface area (Å²) in [7, 11) is 0. The van der Waals surface area contributed by atoms with E-state index >= 15 is 0 Å². The molecule has 25 heavy (non-hydrogen) atoms. The summed E-state index contributed by atoms with van der Waals surface area (Å²) in [6.45, 7) is 7.57. The lowest BCUT2D eigenvalue weighted by Gasteiger charge is -2.28. The normalized spacial score (nSPS) is 14.6. The number of hydrogen-bond acceptors (Lipinski definition) is 5. The minimum Gasteiger partial charge on any atom is -0.378 e. The van der Waals surface area contributed by atoms with E-state index in [1.165, 1.54) is 0 Å². The minimum absolute atomic E-state index is 0.0772. The molecule has 1 amide bonds. The number of ether oxygens (including phenoxy) is 1. The van der Waals surface area contributed by atoms with Crippen LogP contribution in [-0.4, -0.2) is 53.3 Å². The van der Waals surface area contributed by atoms with Crippen molar-refractivity contribution in [2.45, 2.75) is 26.4 Å². The van der Waals surface area contributed by atoms with Crippen molar-refractivity contribution in [3.05, 3.63) is 53.7 Å². The molecule has 1 fully saturated rings. The van der Waals surface area contributed by atoms with Gasteiger partial charge in [-0.15, -0.1) is 10.2 Å². The van der Waals surface area contributed by atoms with Crippen LogP contribution in [0.15, 0.2) is 42.5 Å². The van der Waals surface area contributed by atoms with Gasteiger partial charge in [-0.25, -0.2) is 0 Å². The molecular weight excluding hydrogens is 316 g/mol. The Morgan fingerprint density at radius 3 is 2.44 bits per heavy atom. The van der Waals surface area contributed by atoms with Crippen molar-refractivity contribution in [2.75, 3.05) is 31.2 Å². The number of aromatic nitrogens is 2. The number of morpholine rings is 1. The quantitative estimate of drug-likeness (QED) is 0.836. The summed E-state index contributed by atoms with van der Waals surface area (Å²) in [5.41, 5.74) is 1.48. The van der Waals surface area contributed by atoms with Crippen LogP contribution in [0.1, 0.15) is 29.9 Å². The van der Waals surface area contributed by atoms with E-state index in [0.717, 1.165) is 24.5 Å². The minimum atomic E-state index is -0.0973. The van der Waals surface area contributed by atoms with Crippen LogP contribution in [0.3, 0.4) is 0 Å². The van der Waals surface area contributed by atoms with Gasteiger partial charge in [0.1, 0.15) is 0 Å². The topological polar surface area (TPSA) is 58.6 Å². The Labute approximate surface area is 148 Å². The van der Waals surface area contributed by atoms with E-state index in [4.69, 9.17) is 4.74 Å². The third-order valence-corrected chi connectivity index (χ3v) is 4.28. The maximum Gasteiger partial charge on any atom is 0.274 e. The predicted molar refractivity (Wildman–Crippen MR) is 96.5 cm³/mol. The molecule has 0 N–H and O–H groups in total. The van der Waals surface area contributed by atoms with Gasteiger partial charge in [0.2, 0.25) is 0 Å². The van der Waals surface area contributed by atoms with E-state index in [0.29, 0.717) is 25.5 Å². The molecule has 6 nitrogen and oxygen atoms in total. The van der Waals surface area contributed by atoms with Gasteiger partial charge in [-0.2, -0.15) is 0 Å². The molecule has 1 aliphatic heterocycles. The fourth-order valence-electron chi connectivity index (χ4n) is 2.82. The highest BCUT2D eigenvalue weighted by molar-refractivity contribution is 5.92. The van der Waals surface area contributed by atoms with Crippen molar-refractivity contribution >= 4 is 11.7 Å². The first kappa shape index (κ1) is 17.4. The fraction of sp³-hybridized carbons (Fsp3) is 0.421. The Morgan fingerprint density at radius 2 is 1.84 bits per heavy atom. The smallest absolute Gasteiger partial charge is 0.274 e. The van der Waals surface area contributed by atoms with Gasteiger partial charge in [-0.1, -0.05) is 30.3 Å². The highest BCUT2D eigenvalue weighted by atomic mass is 16.5. The first-order chi connectivity index (χ1) is 12.1. The van der Waals surface area contributed by atoms with E-state index in [2.05, 4.69) is 15.1 Å². The zero-order valence-electron chi connectivity index (χ0n) is 14.8. The largest absolute Gasteiger partial charge is 0.378 e. The van der Waals surface area contributed by atoms with Crippen molar-refractivity contribution in [1.82, 2.24) is 15.1 Å². The molecule has 2 aromatic rings. The molecule has 1 aromatic heterocycles. The van der Waals surface area contributed by atoms with Gasteiger partial charge in [0.15, 0.2) is 11.5 Å². The molecule has 0 radical (unpaired) electrons. The zero-order chi connectivity index (χ0) is 17.6. The predicted octanol–water partition coefficient (Wildman–Crippen LogP) is 2.36. The molecule has 2 heterocycles. The average Bonchev–Trinajstić information content (AvgIpc) is 2.67. The number of hydrogen-bond donors (Lipinski definition) is 0. The second-order valence-electron chi connectivity index (χ2n) is 6.39. The van der Waals surface area contributed by atoms with Gasteiger partial charge >= 0.3 is 0 Å². The Hall–Kier alpha value is -2.47. The molecule has 0 atom stereocenters. The van der Waals surface area contributed by atoms with Crippen LogP contribution in [0.2, 0.25) is 0 Å². The number of benzene rings is 1. The summed E-state index contributed by atoms with van der Waals surface area (Å²) in [6.07, 6.45) is 0. The molecular formula is C19H24N4O2. The highest BCUT2D eigenvalue weighted by Crippen LogP contribution is 2.15. The van der Waals surface area contributed by atoms with Crippen molar-refractivity contribution in [3.8, 4) is 0 Å². The number of carbonyl (C=O) groups excluding carboxylic acids is 1. The van der Waals surface area contributed by atoms with Crippen LogP contribution in [-0.2, 0) is 11.3 Å². The molecule has 0 saturated carbocycles. The number of amides is 1.